The molecule has 0 bridgehead atoms. The quantitative estimate of drug-likeness (QED) is 0.0287. The second kappa shape index (κ2) is 24.1. The minimum atomic E-state index is -4.46. The van der Waals surface area contributed by atoms with Gasteiger partial charge in [-0.25, -0.2) is 4.79 Å². The second-order valence-corrected chi connectivity index (χ2v) is 16.9. The summed E-state index contributed by atoms with van der Waals surface area (Å²) in [5.74, 6) is 5.36. The fourth-order valence-electron chi connectivity index (χ4n) is 8.24. The maximum Gasteiger partial charge on any atom is 0.406 e. The zero-order valence-electron chi connectivity index (χ0n) is 38.8. The molecule has 1 saturated heterocycles. The SMILES string of the molecule is CNC(=O)c1ccc(NCC#Cc2cc3c(NC4CCN(CCCOCCOCC(=O)NCCOc5ccc(-c6cc7c(C(=O)O)c[nH]c7cc6Cl)cc5)CC4)cccc3n2CC(F)(F)F)c(OC)c1. The summed E-state index contributed by atoms with van der Waals surface area (Å²) in [5.41, 5.74) is 4.76. The number of piperidine rings is 1. The first-order valence-corrected chi connectivity index (χ1v) is 23.2. The Bertz CT molecular complexity index is 2830. The van der Waals surface area contributed by atoms with Gasteiger partial charge in [0.25, 0.3) is 5.91 Å². The first kappa shape index (κ1) is 51.0. The highest BCUT2D eigenvalue weighted by atomic mass is 35.5. The Morgan fingerprint density at radius 2 is 1.71 bits per heavy atom. The van der Waals surface area contributed by atoms with E-state index in [1.54, 1.807) is 60.7 Å². The predicted molar refractivity (Wildman–Crippen MR) is 263 cm³/mol. The van der Waals surface area contributed by atoms with Gasteiger partial charge >= 0.3 is 12.1 Å². The summed E-state index contributed by atoms with van der Waals surface area (Å²) >= 11 is 6.49. The molecule has 0 aliphatic carbocycles. The van der Waals surface area contributed by atoms with E-state index in [4.69, 9.17) is 30.5 Å². The molecule has 2 aromatic heterocycles. The van der Waals surface area contributed by atoms with Crippen molar-refractivity contribution in [2.45, 2.75) is 38.0 Å². The molecule has 1 aliphatic heterocycles. The van der Waals surface area contributed by atoms with Crippen LogP contribution >= 0.6 is 11.6 Å². The molecule has 0 atom stereocenters. The number of hydrogen-bond acceptors (Lipinski definition) is 10. The molecular formula is C51H55ClF3N7O8. The molecule has 2 amide bonds. The third-order valence-corrected chi connectivity index (χ3v) is 12.0. The number of rotatable bonds is 22. The van der Waals surface area contributed by atoms with Crippen molar-refractivity contribution in [1.82, 2.24) is 25.1 Å². The van der Waals surface area contributed by atoms with Gasteiger partial charge in [-0.1, -0.05) is 35.7 Å². The van der Waals surface area contributed by atoms with E-state index < -0.39 is 18.7 Å². The molecule has 6 N–H and O–H groups in total. The number of nitrogens with one attached hydrogen (secondary N) is 5. The highest BCUT2D eigenvalue weighted by molar-refractivity contribution is 6.34. The minimum absolute atomic E-state index is 0.103. The standard InChI is InChI=1S/C51H55ClF3N7O8/c1-56-49(64)34-11-14-44(47(26-34)67-2)57-17-4-6-36-27-40-43(7-3-8-46(40)62(36)32-51(53,54)55)60-35-15-20-61(21-16-35)19-5-22-68-24-25-69-31-48(63)58-18-23-70-37-12-9-33(10-13-37)38-28-39-41(50(65)66)30-59-45(39)29-42(38)52/h3,7-14,26-30,35,57,59-60H,5,15-25,31-32H2,1-2H3,(H,56,64)(H,58,63)(H,65,66). The number of hydrogen-bond donors (Lipinski definition) is 6. The van der Waals surface area contributed by atoms with E-state index in [1.807, 2.05) is 18.2 Å². The number of carboxylic acid groups (broad SMARTS) is 1. The average molecular weight is 986 g/mol. The number of benzene rings is 4. The van der Waals surface area contributed by atoms with Gasteiger partial charge < -0.3 is 59.8 Å². The normalized spacial score (nSPS) is 13.2. The van der Waals surface area contributed by atoms with E-state index in [9.17, 15) is 32.7 Å². The number of amides is 2. The third-order valence-electron chi connectivity index (χ3n) is 11.7. The Balaban J connectivity index is 0.767. The minimum Gasteiger partial charge on any atom is -0.495 e. The molecule has 6 aromatic rings. The molecule has 1 fully saturated rings. The van der Waals surface area contributed by atoms with Gasteiger partial charge in [0.2, 0.25) is 5.91 Å². The fraction of sp³-hybridized carbons (Fsp3) is 0.353. The molecule has 15 nitrogen and oxygen atoms in total. The number of anilines is 2. The lowest BCUT2D eigenvalue weighted by Gasteiger charge is -2.33. The number of ether oxygens (including phenoxy) is 4. The van der Waals surface area contributed by atoms with Gasteiger partial charge in [-0.2, -0.15) is 13.2 Å². The highest BCUT2D eigenvalue weighted by Crippen LogP contribution is 2.35. The van der Waals surface area contributed by atoms with Crippen LogP contribution in [-0.2, 0) is 20.8 Å². The van der Waals surface area contributed by atoms with Crippen molar-refractivity contribution in [3.63, 3.8) is 0 Å². The van der Waals surface area contributed by atoms with Gasteiger partial charge in [-0.15, -0.1) is 0 Å². The molecule has 0 radical (unpaired) electrons. The van der Waals surface area contributed by atoms with E-state index >= 15 is 0 Å². The predicted octanol–water partition coefficient (Wildman–Crippen LogP) is 8.03. The topological polar surface area (TPSA) is 180 Å². The number of halogens is 4. The van der Waals surface area contributed by atoms with E-state index in [0.29, 0.717) is 68.4 Å². The van der Waals surface area contributed by atoms with E-state index in [2.05, 4.69) is 43.0 Å². The van der Waals surface area contributed by atoms with Gasteiger partial charge in [-0.05, 0) is 91.4 Å². The van der Waals surface area contributed by atoms with Crippen LogP contribution in [0.25, 0.3) is 32.9 Å². The number of aromatic nitrogens is 2. The van der Waals surface area contributed by atoms with Gasteiger partial charge in [0.1, 0.15) is 31.3 Å². The number of likely N-dealkylation sites (tertiary alicyclic amines) is 1. The number of methoxy groups -OCH3 is 1. The molecule has 370 valence electrons. The summed E-state index contributed by atoms with van der Waals surface area (Å²) in [6.07, 6.45) is -0.455. The summed E-state index contributed by atoms with van der Waals surface area (Å²) in [6.45, 7) is 3.13. The van der Waals surface area contributed by atoms with Crippen LogP contribution in [0.2, 0.25) is 5.02 Å². The number of fused-ring (bicyclic) bond motifs is 2. The molecular weight excluding hydrogens is 931 g/mol. The zero-order chi connectivity index (χ0) is 49.6. The number of aromatic carboxylic acids is 1. The van der Waals surface area contributed by atoms with E-state index in [-0.39, 0.29) is 62.0 Å². The Hall–Kier alpha value is -6.91. The largest absolute Gasteiger partial charge is 0.495 e. The summed E-state index contributed by atoms with van der Waals surface area (Å²) in [7, 11) is 3.01. The van der Waals surface area contributed by atoms with Gasteiger partial charge in [-0.3, -0.25) is 9.59 Å². The molecule has 1 aliphatic rings. The Morgan fingerprint density at radius 1 is 0.929 bits per heavy atom. The molecule has 4 aromatic carbocycles. The Morgan fingerprint density at radius 3 is 2.46 bits per heavy atom. The summed E-state index contributed by atoms with van der Waals surface area (Å²) in [6, 6.07) is 22.8. The first-order chi connectivity index (χ1) is 33.8. The molecule has 3 heterocycles. The van der Waals surface area contributed by atoms with Crippen LogP contribution in [0.4, 0.5) is 24.5 Å². The van der Waals surface area contributed by atoms with Crippen molar-refractivity contribution in [2.24, 2.45) is 0 Å². The zero-order valence-corrected chi connectivity index (χ0v) is 39.5. The van der Waals surface area contributed by atoms with Gasteiger partial charge in [0.05, 0.1) is 60.9 Å². The number of carbonyl (C=O) groups excluding carboxylic acids is 2. The smallest absolute Gasteiger partial charge is 0.406 e. The van der Waals surface area contributed by atoms with Crippen molar-refractivity contribution in [3.05, 3.63) is 107 Å². The van der Waals surface area contributed by atoms with Crippen molar-refractivity contribution < 1.29 is 51.6 Å². The Kier molecular flexibility index (Phi) is 17.5. The lowest BCUT2D eigenvalue weighted by Crippen LogP contribution is -2.39. The number of nitrogens with zero attached hydrogens (tertiary/aromatic N) is 2. The van der Waals surface area contributed by atoms with Crippen molar-refractivity contribution in [2.75, 3.05) is 90.5 Å². The number of carbonyl (C=O) groups is 3. The van der Waals surface area contributed by atoms with Crippen LogP contribution in [0.5, 0.6) is 11.5 Å². The lowest BCUT2D eigenvalue weighted by molar-refractivity contribution is -0.140. The molecule has 19 heteroatoms. The van der Waals surface area contributed by atoms with Crippen LogP contribution in [0.1, 0.15) is 45.7 Å². The van der Waals surface area contributed by atoms with Crippen LogP contribution < -0.4 is 30.7 Å². The maximum atomic E-state index is 13.8. The molecule has 70 heavy (non-hydrogen) atoms. The monoisotopic (exact) mass is 985 g/mol. The molecule has 0 saturated carbocycles. The highest BCUT2D eigenvalue weighted by Gasteiger charge is 2.30. The maximum absolute atomic E-state index is 13.8. The van der Waals surface area contributed by atoms with Gasteiger partial charge in [0, 0.05) is 78.6 Å². The van der Waals surface area contributed by atoms with E-state index in [0.717, 1.165) is 50.1 Å². The van der Waals surface area contributed by atoms with Crippen LogP contribution in [0.15, 0.2) is 85.1 Å². The molecule has 0 spiro atoms. The fourth-order valence-corrected chi connectivity index (χ4v) is 8.51. The van der Waals surface area contributed by atoms with Crippen molar-refractivity contribution >= 4 is 62.6 Å². The second-order valence-electron chi connectivity index (χ2n) is 16.5. The number of alkyl halides is 3. The molecule has 7 rings (SSSR count). The molecule has 0 unspecified atom stereocenters. The van der Waals surface area contributed by atoms with Gasteiger partial charge in [0.15, 0.2) is 0 Å². The first-order valence-electron chi connectivity index (χ1n) is 22.8. The Labute approximate surface area is 407 Å². The third kappa shape index (κ3) is 13.7. The van der Waals surface area contributed by atoms with Crippen LogP contribution in [0.3, 0.4) is 0 Å². The number of carboxylic acids is 1. The van der Waals surface area contributed by atoms with Crippen LogP contribution in [0, 0.1) is 11.8 Å². The number of H-pyrrole nitrogens is 1. The average Bonchev–Trinajstić information content (AvgIpc) is 3.93. The summed E-state index contributed by atoms with van der Waals surface area (Å²) < 4.78 is 65.1. The summed E-state index contributed by atoms with van der Waals surface area (Å²) in [5, 5.41) is 23.2. The lowest BCUT2D eigenvalue weighted by atomic mass is 10.0. The van der Waals surface area contributed by atoms with Crippen LogP contribution in [-0.4, -0.2) is 129 Å². The van der Waals surface area contributed by atoms with E-state index in [1.165, 1.54) is 24.9 Å². The number of aromatic amines is 1. The summed E-state index contributed by atoms with van der Waals surface area (Å²) in [4.78, 5) is 41.2. The van der Waals surface area contributed by atoms with Crippen molar-refractivity contribution in [3.8, 4) is 34.5 Å². The van der Waals surface area contributed by atoms with Crippen molar-refractivity contribution in [1.29, 1.82) is 0 Å².